The molecule has 0 aliphatic rings. The zero-order valence-electron chi connectivity index (χ0n) is 12.2. The van der Waals surface area contributed by atoms with E-state index in [1.165, 1.54) is 36.2 Å². The lowest BCUT2D eigenvalue weighted by Crippen LogP contribution is -2.17. The van der Waals surface area contributed by atoms with Crippen molar-refractivity contribution in [2.45, 2.75) is 24.5 Å². The van der Waals surface area contributed by atoms with E-state index in [9.17, 15) is 18.0 Å². The van der Waals surface area contributed by atoms with Gasteiger partial charge in [-0.05, 0) is 36.4 Å². The minimum Gasteiger partial charge on any atom is -0.383 e. The van der Waals surface area contributed by atoms with Crippen LogP contribution in [0.15, 0.2) is 35.5 Å². The van der Waals surface area contributed by atoms with Gasteiger partial charge in [0.1, 0.15) is 11.5 Å². The zero-order valence-corrected chi connectivity index (χ0v) is 13.0. The summed E-state index contributed by atoms with van der Waals surface area (Å²) < 4.78 is 39.5. The van der Waals surface area contributed by atoms with Crippen LogP contribution in [0.3, 0.4) is 0 Å². The highest BCUT2D eigenvalue weighted by Gasteiger charge is 2.37. The predicted octanol–water partition coefficient (Wildman–Crippen LogP) is 3.81. The number of pyridine rings is 2. The maximum atomic E-state index is 13.2. The molecule has 122 valence electrons. The molecule has 0 bridgehead atoms. The molecule has 4 nitrogen and oxygen atoms in total. The van der Waals surface area contributed by atoms with Gasteiger partial charge in [0.25, 0.3) is 0 Å². The lowest BCUT2D eigenvalue weighted by atomic mass is 10.0. The van der Waals surface area contributed by atoms with Gasteiger partial charge in [0, 0.05) is 6.20 Å². The molecule has 0 radical (unpaired) electrons. The van der Waals surface area contributed by atoms with Crippen molar-refractivity contribution in [3.05, 3.63) is 47.3 Å². The lowest BCUT2D eigenvalue weighted by Gasteiger charge is -2.13. The first kappa shape index (κ1) is 17.3. The van der Waals surface area contributed by atoms with Gasteiger partial charge in [-0.15, -0.1) is 11.8 Å². The van der Waals surface area contributed by atoms with E-state index in [0.29, 0.717) is 10.8 Å². The van der Waals surface area contributed by atoms with Gasteiger partial charge in [0.15, 0.2) is 0 Å². The van der Waals surface area contributed by atoms with Gasteiger partial charge in [-0.25, -0.2) is 9.97 Å². The molecule has 2 aromatic rings. The standard InChI is InChI=1S/C15H14F3N3OS/c1-2-8-23-11-6-5-10(15(16,17)18)12(21-11)13(22)9-4-3-7-20-14(9)19/h3-7H,2,8H2,1H3,(H2,19,20). The highest BCUT2D eigenvalue weighted by Crippen LogP contribution is 2.34. The Bertz CT molecular complexity index is 719. The first-order valence-corrected chi connectivity index (χ1v) is 7.79. The third-order valence-corrected chi connectivity index (χ3v) is 4.06. The number of carbonyl (C=O) groups is 1. The monoisotopic (exact) mass is 341 g/mol. The summed E-state index contributed by atoms with van der Waals surface area (Å²) in [4.78, 5) is 20.1. The molecule has 0 saturated carbocycles. The lowest BCUT2D eigenvalue weighted by molar-refractivity contribution is -0.138. The largest absolute Gasteiger partial charge is 0.418 e. The van der Waals surface area contributed by atoms with Crippen molar-refractivity contribution in [1.82, 2.24) is 9.97 Å². The average molecular weight is 341 g/mol. The fraction of sp³-hybridized carbons (Fsp3) is 0.267. The zero-order chi connectivity index (χ0) is 17.0. The second kappa shape index (κ2) is 6.99. The van der Waals surface area contributed by atoms with Crippen molar-refractivity contribution in [3.63, 3.8) is 0 Å². The van der Waals surface area contributed by atoms with Gasteiger partial charge in [-0.1, -0.05) is 6.92 Å². The molecule has 2 N–H and O–H groups in total. The summed E-state index contributed by atoms with van der Waals surface area (Å²) in [5, 5.41) is 0.366. The van der Waals surface area contributed by atoms with Crippen LogP contribution in [0.25, 0.3) is 0 Å². The molecule has 0 amide bonds. The predicted molar refractivity (Wildman–Crippen MR) is 82.3 cm³/mol. The summed E-state index contributed by atoms with van der Waals surface area (Å²) in [7, 11) is 0. The molecule has 8 heteroatoms. The Morgan fingerprint density at radius 3 is 2.65 bits per heavy atom. The number of aromatic nitrogens is 2. The topological polar surface area (TPSA) is 68.9 Å². The highest BCUT2D eigenvalue weighted by molar-refractivity contribution is 7.99. The minimum absolute atomic E-state index is 0.0943. The normalized spacial score (nSPS) is 11.5. The molecule has 0 unspecified atom stereocenters. The van der Waals surface area contributed by atoms with Crippen LogP contribution in [-0.4, -0.2) is 21.5 Å². The van der Waals surface area contributed by atoms with E-state index in [1.54, 1.807) is 0 Å². The molecular formula is C15H14F3N3OS. The smallest absolute Gasteiger partial charge is 0.383 e. The molecule has 0 spiro atoms. The van der Waals surface area contributed by atoms with Gasteiger partial charge >= 0.3 is 6.18 Å². The van der Waals surface area contributed by atoms with E-state index in [-0.39, 0.29) is 11.4 Å². The van der Waals surface area contributed by atoms with Crippen LogP contribution in [0, 0.1) is 0 Å². The second-order valence-electron chi connectivity index (χ2n) is 4.66. The van der Waals surface area contributed by atoms with Gasteiger partial charge in [0.2, 0.25) is 5.78 Å². The van der Waals surface area contributed by atoms with Crippen LogP contribution in [0.5, 0.6) is 0 Å². The van der Waals surface area contributed by atoms with E-state index < -0.39 is 23.2 Å². The van der Waals surface area contributed by atoms with E-state index in [0.717, 1.165) is 12.5 Å². The fourth-order valence-electron chi connectivity index (χ4n) is 1.87. The Hall–Kier alpha value is -2.09. The molecule has 2 aromatic heterocycles. The number of carbonyl (C=O) groups excluding carboxylic acids is 1. The number of nitrogens with two attached hydrogens (primary N) is 1. The number of thioether (sulfide) groups is 1. The number of rotatable bonds is 5. The molecule has 2 rings (SSSR count). The Labute approximate surface area is 135 Å². The molecule has 0 saturated heterocycles. The summed E-state index contributed by atoms with van der Waals surface area (Å²) in [5.41, 5.74) is 3.76. The fourth-order valence-corrected chi connectivity index (χ4v) is 2.60. The van der Waals surface area contributed by atoms with Crippen LogP contribution < -0.4 is 5.73 Å². The highest BCUT2D eigenvalue weighted by atomic mass is 32.2. The number of alkyl halides is 3. The maximum Gasteiger partial charge on any atom is 0.418 e. The third-order valence-electron chi connectivity index (χ3n) is 2.93. The summed E-state index contributed by atoms with van der Waals surface area (Å²) in [5.74, 6) is -0.318. The SMILES string of the molecule is CCCSc1ccc(C(F)(F)F)c(C(=O)c2cccnc2N)n1. The van der Waals surface area contributed by atoms with Crippen LogP contribution in [0.2, 0.25) is 0 Å². The minimum atomic E-state index is -4.68. The van der Waals surface area contributed by atoms with E-state index in [1.807, 2.05) is 6.92 Å². The van der Waals surface area contributed by atoms with Gasteiger partial charge in [0.05, 0.1) is 16.2 Å². The number of ketones is 1. The van der Waals surface area contributed by atoms with Crippen molar-refractivity contribution in [3.8, 4) is 0 Å². The van der Waals surface area contributed by atoms with Crippen molar-refractivity contribution >= 4 is 23.4 Å². The molecule has 0 fully saturated rings. The summed E-state index contributed by atoms with van der Waals surface area (Å²) in [6.45, 7) is 1.94. The quantitative estimate of drug-likeness (QED) is 0.661. The second-order valence-corrected chi connectivity index (χ2v) is 5.77. The number of hydrogen-bond donors (Lipinski definition) is 1. The van der Waals surface area contributed by atoms with Crippen LogP contribution >= 0.6 is 11.8 Å². The molecule has 0 atom stereocenters. The molecule has 0 aromatic carbocycles. The molecule has 0 aliphatic heterocycles. The molecule has 2 heterocycles. The van der Waals surface area contributed by atoms with Crippen LogP contribution in [0.4, 0.5) is 19.0 Å². The van der Waals surface area contributed by atoms with Gasteiger partial charge in [-0.3, -0.25) is 4.79 Å². The van der Waals surface area contributed by atoms with E-state index in [2.05, 4.69) is 9.97 Å². The third kappa shape index (κ3) is 4.01. The van der Waals surface area contributed by atoms with E-state index >= 15 is 0 Å². The average Bonchev–Trinajstić information content (AvgIpc) is 2.51. The maximum absolute atomic E-state index is 13.2. The first-order chi connectivity index (χ1) is 10.8. The molecule has 23 heavy (non-hydrogen) atoms. The van der Waals surface area contributed by atoms with Crippen molar-refractivity contribution in [2.75, 3.05) is 11.5 Å². The summed E-state index contributed by atoms with van der Waals surface area (Å²) >= 11 is 1.29. The Morgan fingerprint density at radius 2 is 2.04 bits per heavy atom. The van der Waals surface area contributed by atoms with Crippen molar-refractivity contribution in [1.29, 1.82) is 0 Å². The number of nitrogens with zero attached hydrogens (tertiary/aromatic N) is 2. The Kier molecular flexibility index (Phi) is 5.25. The number of hydrogen-bond acceptors (Lipinski definition) is 5. The molecule has 0 aliphatic carbocycles. The van der Waals surface area contributed by atoms with Gasteiger partial charge < -0.3 is 5.73 Å². The summed E-state index contributed by atoms with van der Waals surface area (Å²) in [6, 6.07) is 4.92. The van der Waals surface area contributed by atoms with Crippen molar-refractivity contribution < 1.29 is 18.0 Å². The number of halogens is 3. The van der Waals surface area contributed by atoms with E-state index in [4.69, 9.17) is 5.73 Å². The first-order valence-electron chi connectivity index (χ1n) is 6.80. The Morgan fingerprint density at radius 1 is 1.30 bits per heavy atom. The Balaban J connectivity index is 2.53. The molecular weight excluding hydrogens is 327 g/mol. The van der Waals surface area contributed by atoms with Gasteiger partial charge in [-0.2, -0.15) is 13.2 Å². The number of anilines is 1. The summed E-state index contributed by atoms with van der Waals surface area (Å²) in [6.07, 6.45) is -2.48. The van der Waals surface area contributed by atoms with Crippen LogP contribution in [-0.2, 0) is 6.18 Å². The van der Waals surface area contributed by atoms with Crippen molar-refractivity contribution in [2.24, 2.45) is 0 Å². The van der Waals surface area contributed by atoms with Crippen LogP contribution in [0.1, 0.15) is 35.0 Å². The number of nitrogen functional groups attached to an aromatic ring is 1.